The first-order chi connectivity index (χ1) is 9.99. The van der Waals surface area contributed by atoms with E-state index >= 15 is 0 Å². The van der Waals surface area contributed by atoms with Crippen molar-refractivity contribution in [2.45, 2.75) is 19.2 Å². The van der Waals surface area contributed by atoms with E-state index in [1.54, 1.807) is 6.07 Å². The number of alkyl halides is 1. The van der Waals surface area contributed by atoms with Crippen molar-refractivity contribution in [3.8, 4) is 5.69 Å². The van der Waals surface area contributed by atoms with Crippen LogP contribution in [0, 0.1) is 12.7 Å². The fourth-order valence-corrected chi connectivity index (χ4v) is 2.74. The van der Waals surface area contributed by atoms with Crippen LogP contribution >= 0.6 is 23.2 Å². The van der Waals surface area contributed by atoms with Crippen molar-refractivity contribution in [1.82, 2.24) is 9.55 Å². The summed E-state index contributed by atoms with van der Waals surface area (Å²) in [5.74, 6) is 0.361. The van der Waals surface area contributed by atoms with Gasteiger partial charge in [-0.1, -0.05) is 17.7 Å². The Labute approximate surface area is 132 Å². The first kappa shape index (κ1) is 14.4. The SMILES string of the molecule is Cc1c(Cl)cccc1-n1c(C(C)Cl)nc2ccc(F)cc21. The molecule has 0 saturated carbocycles. The minimum Gasteiger partial charge on any atom is -0.295 e. The zero-order valence-electron chi connectivity index (χ0n) is 11.6. The van der Waals surface area contributed by atoms with Gasteiger partial charge in [-0.05, 0) is 43.7 Å². The van der Waals surface area contributed by atoms with E-state index in [4.69, 9.17) is 23.2 Å². The smallest absolute Gasteiger partial charge is 0.132 e. The van der Waals surface area contributed by atoms with Crippen molar-refractivity contribution in [1.29, 1.82) is 0 Å². The average Bonchev–Trinajstić information content (AvgIpc) is 2.80. The second-order valence-corrected chi connectivity index (χ2v) is 6.00. The monoisotopic (exact) mass is 322 g/mol. The first-order valence-corrected chi connectivity index (χ1v) is 7.38. The van der Waals surface area contributed by atoms with E-state index in [0.29, 0.717) is 21.9 Å². The number of hydrogen-bond acceptors (Lipinski definition) is 1. The van der Waals surface area contributed by atoms with E-state index in [-0.39, 0.29) is 11.2 Å². The number of hydrogen-bond donors (Lipinski definition) is 0. The molecule has 2 nitrogen and oxygen atoms in total. The zero-order valence-corrected chi connectivity index (χ0v) is 13.1. The molecule has 0 bridgehead atoms. The summed E-state index contributed by atoms with van der Waals surface area (Å²) < 4.78 is 15.5. The highest BCUT2D eigenvalue weighted by Crippen LogP contribution is 2.31. The predicted molar refractivity (Wildman–Crippen MR) is 85.0 cm³/mol. The summed E-state index contributed by atoms with van der Waals surface area (Å²) >= 11 is 12.5. The molecular weight excluding hydrogens is 310 g/mol. The Morgan fingerprint density at radius 2 is 2.00 bits per heavy atom. The van der Waals surface area contributed by atoms with Gasteiger partial charge >= 0.3 is 0 Å². The van der Waals surface area contributed by atoms with Gasteiger partial charge in [0.25, 0.3) is 0 Å². The van der Waals surface area contributed by atoms with E-state index in [2.05, 4.69) is 4.98 Å². The Morgan fingerprint density at radius 1 is 1.24 bits per heavy atom. The van der Waals surface area contributed by atoms with E-state index in [9.17, 15) is 4.39 Å². The van der Waals surface area contributed by atoms with Crippen LogP contribution < -0.4 is 0 Å². The normalized spacial score (nSPS) is 12.8. The lowest BCUT2D eigenvalue weighted by Gasteiger charge is -2.14. The molecule has 0 radical (unpaired) electrons. The predicted octanol–water partition coefficient (Wildman–Crippen LogP) is 5.43. The molecule has 1 heterocycles. The topological polar surface area (TPSA) is 17.8 Å². The molecule has 5 heteroatoms. The fraction of sp³-hybridized carbons (Fsp3) is 0.188. The standard InChI is InChI=1S/C16H13Cl2FN2/c1-9-12(18)4-3-5-14(9)21-15-8-11(19)6-7-13(15)20-16(21)10(2)17/h3-8,10H,1-2H3. The molecule has 0 amide bonds. The summed E-state index contributed by atoms with van der Waals surface area (Å²) in [7, 11) is 0. The molecule has 1 atom stereocenters. The Bertz CT molecular complexity index is 825. The van der Waals surface area contributed by atoms with E-state index in [1.165, 1.54) is 12.1 Å². The Balaban J connectivity index is 2.41. The fourth-order valence-electron chi connectivity index (χ4n) is 2.43. The van der Waals surface area contributed by atoms with Crippen molar-refractivity contribution in [3.05, 3.63) is 58.6 Å². The van der Waals surface area contributed by atoms with Crippen molar-refractivity contribution in [3.63, 3.8) is 0 Å². The lowest BCUT2D eigenvalue weighted by atomic mass is 10.2. The van der Waals surface area contributed by atoms with Crippen LogP contribution in [0.2, 0.25) is 5.02 Å². The molecule has 0 N–H and O–H groups in total. The maximum atomic E-state index is 13.6. The van der Waals surface area contributed by atoms with Crippen molar-refractivity contribution >= 4 is 34.2 Å². The maximum Gasteiger partial charge on any atom is 0.132 e. The highest BCUT2D eigenvalue weighted by Gasteiger charge is 2.18. The van der Waals surface area contributed by atoms with Gasteiger partial charge in [0.2, 0.25) is 0 Å². The highest BCUT2D eigenvalue weighted by atomic mass is 35.5. The minimum atomic E-state index is -0.308. The number of halogens is 3. The summed E-state index contributed by atoms with van der Waals surface area (Å²) in [6.45, 7) is 3.76. The largest absolute Gasteiger partial charge is 0.295 e. The third kappa shape index (κ3) is 2.41. The number of nitrogens with zero attached hydrogens (tertiary/aromatic N) is 2. The average molecular weight is 323 g/mol. The molecule has 3 rings (SSSR count). The molecule has 1 aromatic heterocycles. The summed E-state index contributed by atoms with van der Waals surface area (Å²) in [6.07, 6.45) is 0. The maximum absolute atomic E-state index is 13.6. The van der Waals surface area contributed by atoms with Crippen LogP contribution in [-0.4, -0.2) is 9.55 Å². The Hall–Kier alpha value is -1.58. The molecular formula is C16H13Cl2FN2. The molecule has 0 saturated heterocycles. The number of benzene rings is 2. The number of imidazole rings is 1. The summed E-state index contributed by atoms with van der Waals surface area (Å²) in [6, 6.07) is 10.1. The van der Waals surface area contributed by atoms with Crippen LogP contribution in [0.5, 0.6) is 0 Å². The molecule has 3 aromatic rings. The van der Waals surface area contributed by atoms with Gasteiger partial charge in [-0.2, -0.15) is 0 Å². The van der Waals surface area contributed by atoms with Crippen molar-refractivity contribution in [2.75, 3.05) is 0 Å². The molecule has 0 fully saturated rings. The van der Waals surface area contributed by atoms with Gasteiger partial charge in [-0.15, -0.1) is 11.6 Å². The number of aromatic nitrogens is 2. The highest BCUT2D eigenvalue weighted by molar-refractivity contribution is 6.31. The van der Waals surface area contributed by atoms with Gasteiger partial charge in [0.05, 0.1) is 22.1 Å². The summed E-state index contributed by atoms with van der Waals surface area (Å²) in [4.78, 5) is 4.52. The molecule has 2 aromatic carbocycles. The summed E-state index contributed by atoms with van der Waals surface area (Å²) in [5.41, 5.74) is 3.15. The third-order valence-electron chi connectivity index (χ3n) is 3.48. The van der Waals surface area contributed by atoms with E-state index in [1.807, 2.05) is 36.6 Å². The van der Waals surface area contributed by atoms with Gasteiger partial charge in [0.1, 0.15) is 11.6 Å². The van der Waals surface area contributed by atoms with Crippen LogP contribution in [0.1, 0.15) is 23.7 Å². The molecule has 0 aliphatic carbocycles. The number of fused-ring (bicyclic) bond motifs is 1. The van der Waals surface area contributed by atoms with Crippen molar-refractivity contribution < 1.29 is 4.39 Å². The lowest BCUT2D eigenvalue weighted by Crippen LogP contribution is -2.04. The van der Waals surface area contributed by atoms with Gasteiger partial charge in [-0.25, -0.2) is 9.37 Å². The molecule has 0 spiro atoms. The molecule has 0 aliphatic rings. The molecule has 21 heavy (non-hydrogen) atoms. The van der Waals surface area contributed by atoms with Crippen LogP contribution in [-0.2, 0) is 0 Å². The zero-order chi connectivity index (χ0) is 15.1. The van der Waals surface area contributed by atoms with Crippen LogP contribution in [0.3, 0.4) is 0 Å². The summed E-state index contributed by atoms with van der Waals surface area (Å²) in [5, 5.41) is 0.345. The molecule has 0 aliphatic heterocycles. The third-order valence-corrected chi connectivity index (χ3v) is 4.08. The Kier molecular flexibility index (Phi) is 3.64. The van der Waals surface area contributed by atoms with Gasteiger partial charge in [-0.3, -0.25) is 4.57 Å². The van der Waals surface area contributed by atoms with E-state index in [0.717, 1.165) is 11.3 Å². The van der Waals surface area contributed by atoms with Crippen LogP contribution in [0.4, 0.5) is 4.39 Å². The molecule has 108 valence electrons. The second kappa shape index (κ2) is 5.32. The number of rotatable bonds is 2. The van der Waals surface area contributed by atoms with Gasteiger partial charge in [0.15, 0.2) is 0 Å². The van der Waals surface area contributed by atoms with Crippen molar-refractivity contribution in [2.24, 2.45) is 0 Å². The first-order valence-electron chi connectivity index (χ1n) is 6.56. The molecule has 1 unspecified atom stereocenters. The van der Waals surface area contributed by atoms with Gasteiger partial charge in [0, 0.05) is 11.1 Å². The van der Waals surface area contributed by atoms with Gasteiger partial charge < -0.3 is 0 Å². The second-order valence-electron chi connectivity index (χ2n) is 4.94. The minimum absolute atomic E-state index is 0.307. The van der Waals surface area contributed by atoms with Crippen LogP contribution in [0.25, 0.3) is 16.7 Å². The van der Waals surface area contributed by atoms with E-state index < -0.39 is 0 Å². The Morgan fingerprint density at radius 3 is 2.71 bits per heavy atom. The lowest BCUT2D eigenvalue weighted by molar-refractivity contribution is 0.629. The quantitative estimate of drug-likeness (QED) is 0.575. The van der Waals surface area contributed by atoms with Crippen LogP contribution in [0.15, 0.2) is 36.4 Å².